The molecule has 81 heavy (non-hydrogen) atoms. The Hall–Kier alpha value is -2.55. The second kappa shape index (κ2) is 60.6. The topological polar surface area (TPSA) is 114 Å². The van der Waals surface area contributed by atoms with Gasteiger partial charge in [-0.15, -0.1) is 0 Å². The number of nitrogens with zero attached hydrogens (tertiary/aromatic N) is 1. The lowest BCUT2D eigenvalue weighted by molar-refractivity contribution is -0.870. The normalized spacial score (nSPS) is 14.0. The molecule has 3 unspecified atom stereocenters. The first kappa shape index (κ1) is 78.5. The second-order valence-corrected chi connectivity index (χ2v) is 25.7. The maximum atomic E-state index is 13.6. The summed E-state index contributed by atoms with van der Waals surface area (Å²) in [6, 6.07) is -0.894. The predicted octanol–water partition coefficient (Wildman–Crippen LogP) is 20.9. The zero-order chi connectivity index (χ0) is 59.3. The number of amides is 1. The van der Waals surface area contributed by atoms with Gasteiger partial charge in [0.2, 0.25) is 5.91 Å². The van der Waals surface area contributed by atoms with Crippen molar-refractivity contribution in [2.24, 2.45) is 0 Å². The highest BCUT2D eigenvalue weighted by molar-refractivity contribution is 7.45. The number of hydrogen-bond donors (Lipinski definition) is 1. The Bertz CT molecular complexity index is 1620. The van der Waals surface area contributed by atoms with E-state index in [1.165, 1.54) is 193 Å². The molecule has 0 saturated heterocycles. The van der Waals surface area contributed by atoms with E-state index in [4.69, 9.17) is 13.8 Å². The van der Waals surface area contributed by atoms with Crippen LogP contribution < -0.4 is 10.2 Å². The van der Waals surface area contributed by atoms with Crippen molar-refractivity contribution >= 4 is 19.7 Å². The van der Waals surface area contributed by atoms with Crippen molar-refractivity contribution in [1.82, 2.24) is 5.32 Å². The van der Waals surface area contributed by atoms with Crippen molar-refractivity contribution in [3.8, 4) is 0 Å². The highest BCUT2D eigenvalue weighted by Crippen LogP contribution is 2.38. The molecule has 0 heterocycles. The minimum Gasteiger partial charge on any atom is -0.756 e. The van der Waals surface area contributed by atoms with Gasteiger partial charge in [-0.2, -0.15) is 0 Å². The maximum absolute atomic E-state index is 13.6. The monoisotopic (exact) mass is 1150 g/mol. The molecule has 0 aliphatic rings. The number of nitrogens with one attached hydrogen (secondary N) is 1. The zero-order valence-electron chi connectivity index (χ0n) is 54.0. The summed E-state index contributed by atoms with van der Waals surface area (Å²) in [5.74, 6) is -0.542. The minimum atomic E-state index is -4.70. The van der Waals surface area contributed by atoms with Gasteiger partial charge in [0.15, 0.2) is 0 Å². The summed E-state index contributed by atoms with van der Waals surface area (Å²) < 4.78 is 30.4. The van der Waals surface area contributed by atoms with Crippen molar-refractivity contribution in [3.05, 3.63) is 72.9 Å². The molecule has 0 aliphatic heterocycles. The van der Waals surface area contributed by atoms with Gasteiger partial charge in [-0.3, -0.25) is 14.2 Å². The van der Waals surface area contributed by atoms with Crippen molar-refractivity contribution in [2.45, 2.75) is 328 Å². The van der Waals surface area contributed by atoms with Gasteiger partial charge in [0, 0.05) is 12.8 Å². The molecule has 0 aromatic carbocycles. The fourth-order valence-corrected chi connectivity index (χ4v) is 10.5. The largest absolute Gasteiger partial charge is 0.756 e. The molecule has 0 spiro atoms. The molecule has 472 valence electrons. The average molecular weight is 1160 g/mol. The van der Waals surface area contributed by atoms with Crippen LogP contribution in [0.3, 0.4) is 0 Å². The number of quaternary nitrogens is 1. The van der Waals surface area contributed by atoms with Gasteiger partial charge in [0.05, 0.1) is 33.8 Å². The van der Waals surface area contributed by atoms with E-state index < -0.39 is 26.6 Å². The van der Waals surface area contributed by atoms with E-state index in [-0.39, 0.29) is 24.9 Å². The number of ether oxygens (including phenoxy) is 1. The lowest BCUT2D eigenvalue weighted by atomic mass is 10.0. The molecule has 3 atom stereocenters. The quantitative estimate of drug-likeness (QED) is 0.0212. The summed E-state index contributed by atoms with van der Waals surface area (Å²) in [4.78, 5) is 40.1. The fourth-order valence-electron chi connectivity index (χ4n) is 9.80. The molecular formula is C71H131N2O7P. The van der Waals surface area contributed by atoms with Crippen molar-refractivity contribution in [1.29, 1.82) is 0 Å². The first-order chi connectivity index (χ1) is 39.4. The Morgan fingerprint density at radius 1 is 0.432 bits per heavy atom. The van der Waals surface area contributed by atoms with Crippen molar-refractivity contribution in [3.63, 3.8) is 0 Å². The van der Waals surface area contributed by atoms with E-state index in [1.54, 1.807) is 0 Å². The van der Waals surface area contributed by atoms with E-state index in [1.807, 2.05) is 33.3 Å². The van der Waals surface area contributed by atoms with Crippen LogP contribution in [-0.4, -0.2) is 69.4 Å². The molecule has 0 aliphatic carbocycles. The second-order valence-electron chi connectivity index (χ2n) is 24.3. The summed E-state index contributed by atoms with van der Waals surface area (Å²) in [6.07, 6.45) is 78.7. The van der Waals surface area contributed by atoms with E-state index in [9.17, 15) is 19.0 Å². The molecular weight excluding hydrogens is 1020 g/mol. The number of unbranched alkanes of at least 4 members (excludes halogenated alkanes) is 36. The van der Waals surface area contributed by atoms with Gasteiger partial charge in [0.1, 0.15) is 19.3 Å². The van der Waals surface area contributed by atoms with Crippen LogP contribution in [0.1, 0.15) is 316 Å². The summed E-state index contributed by atoms with van der Waals surface area (Å²) >= 11 is 0. The van der Waals surface area contributed by atoms with Gasteiger partial charge in [0.25, 0.3) is 7.82 Å². The third-order valence-electron chi connectivity index (χ3n) is 15.1. The number of likely N-dealkylation sites (N-methyl/N-ethyl adjacent to an activating group) is 1. The first-order valence-corrected chi connectivity index (χ1v) is 35.7. The molecule has 0 rings (SSSR count). The number of phosphoric ester groups is 1. The highest BCUT2D eigenvalue weighted by atomic mass is 31.2. The Labute approximate surface area is 502 Å². The maximum Gasteiger partial charge on any atom is 0.306 e. The molecule has 0 saturated carbocycles. The summed E-state index contributed by atoms with van der Waals surface area (Å²) in [6.45, 7) is 6.82. The fraction of sp³-hybridized carbons (Fsp3) is 0.803. The standard InChI is InChI=1S/C71H131N2O7P/c1-7-10-13-16-19-22-25-28-30-31-32-33-34-35-36-37-38-39-40-41-43-46-49-52-55-58-61-64-71(75)80-69(62-59-56-53-50-47-44-27-24-21-18-15-12-9-3)68(67-79-81(76,77)78-66-65-73(4,5)6)72-70(74)63-60-57-54-51-48-45-42-29-26-23-20-17-14-11-8-2/h19,22-23,26,28,30,32-33,35-36,59,62,68-69H,7-18,20-21,24-25,27,29,31,34,37-58,60-61,63-67H2,1-6H3,(H-,72,74,76,77)/b22-19-,26-23-,30-28-,33-32-,36-35-,62-59-. The van der Waals surface area contributed by atoms with E-state index >= 15 is 0 Å². The van der Waals surface area contributed by atoms with Gasteiger partial charge in [-0.05, 0) is 102 Å². The van der Waals surface area contributed by atoms with Crippen LogP contribution in [0.4, 0.5) is 0 Å². The van der Waals surface area contributed by atoms with Crippen molar-refractivity contribution in [2.75, 3.05) is 40.9 Å². The number of esters is 1. The zero-order valence-corrected chi connectivity index (χ0v) is 54.9. The molecule has 0 fully saturated rings. The Morgan fingerprint density at radius 2 is 0.753 bits per heavy atom. The summed E-state index contributed by atoms with van der Waals surface area (Å²) in [5, 5.41) is 3.03. The molecule has 0 bridgehead atoms. The predicted molar refractivity (Wildman–Crippen MR) is 348 cm³/mol. The van der Waals surface area contributed by atoms with Gasteiger partial charge in [-0.1, -0.05) is 274 Å². The Balaban J connectivity index is 5.09. The smallest absolute Gasteiger partial charge is 0.306 e. The average Bonchev–Trinajstić information content (AvgIpc) is 3.44. The minimum absolute atomic E-state index is 0.0247. The molecule has 0 aromatic rings. The van der Waals surface area contributed by atoms with E-state index in [0.29, 0.717) is 17.4 Å². The molecule has 0 aromatic heterocycles. The first-order valence-electron chi connectivity index (χ1n) is 34.2. The van der Waals surface area contributed by atoms with Crippen LogP contribution in [0.25, 0.3) is 0 Å². The van der Waals surface area contributed by atoms with Gasteiger partial charge >= 0.3 is 5.97 Å². The van der Waals surface area contributed by atoms with E-state index in [0.717, 1.165) is 89.9 Å². The Morgan fingerprint density at radius 3 is 1.17 bits per heavy atom. The SMILES string of the molecule is CCCCC/C=C\C/C=C\C/C=C\C/C=C\CCCCCCCCCCCCCC(=O)OC(/C=C\CCCCCCCCCCCCC)C(COP(=O)([O-])OCC[N+](C)(C)C)NC(=O)CCCCCCCCC/C=C\CCCCCC. The van der Waals surface area contributed by atoms with Crippen LogP contribution in [0.5, 0.6) is 0 Å². The van der Waals surface area contributed by atoms with Gasteiger partial charge < -0.3 is 28.5 Å². The summed E-state index contributed by atoms with van der Waals surface area (Å²) in [5.41, 5.74) is 0. The molecule has 9 nitrogen and oxygen atoms in total. The summed E-state index contributed by atoms with van der Waals surface area (Å²) in [7, 11) is 1.18. The number of carbonyl (C=O) groups excluding carboxylic acids is 2. The lowest BCUT2D eigenvalue weighted by Crippen LogP contribution is -2.47. The number of rotatable bonds is 62. The third kappa shape index (κ3) is 61.8. The third-order valence-corrected chi connectivity index (χ3v) is 16.1. The van der Waals surface area contributed by atoms with Crippen LogP contribution in [0.15, 0.2) is 72.9 Å². The molecule has 1 amide bonds. The molecule has 10 heteroatoms. The van der Waals surface area contributed by atoms with Crippen molar-refractivity contribution < 1.29 is 37.3 Å². The number of carbonyl (C=O) groups is 2. The van der Waals surface area contributed by atoms with Crippen LogP contribution in [0, 0.1) is 0 Å². The molecule has 1 N–H and O–H groups in total. The van der Waals surface area contributed by atoms with Crippen LogP contribution in [-0.2, 0) is 27.9 Å². The molecule has 0 radical (unpaired) electrons. The lowest BCUT2D eigenvalue weighted by Gasteiger charge is -2.30. The number of phosphoric acid groups is 1. The van der Waals surface area contributed by atoms with E-state index in [2.05, 4.69) is 86.8 Å². The highest BCUT2D eigenvalue weighted by Gasteiger charge is 2.27. The number of allylic oxidation sites excluding steroid dienone is 11. The van der Waals surface area contributed by atoms with Gasteiger partial charge in [-0.25, -0.2) is 0 Å². The number of hydrogen-bond acceptors (Lipinski definition) is 7. The van der Waals surface area contributed by atoms with Crippen LogP contribution in [0.2, 0.25) is 0 Å². The Kier molecular flexibility index (Phi) is 58.7. The van der Waals surface area contributed by atoms with Crippen LogP contribution >= 0.6 is 7.82 Å².